The first kappa shape index (κ1) is 19.1. The van der Waals surface area contributed by atoms with E-state index in [4.69, 9.17) is 23.2 Å². The summed E-state index contributed by atoms with van der Waals surface area (Å²) in [4.78, 5) is 12.3. The van der Waals surface area contributed by atoms with Crippen LogP contribution in [-0.4, -0.2) is 22.2 Å². The molecule has 0 spiro atoms. The molecule has 1 amide bonds. The van der Waals surface area contributed by atoms with Gasteiger partial charge in [-0.1, -0.05) is 36.0 Å². The van der Waals surface area contributed by atoms with Crippen LogP contribution in [-0.2, 0) is 4.79 Å². The van der Waals surface area contributed by atoms with Gasteiger partial charge in [0.25, 0.3) is 5.91 Å². The Morgan fingerprint density at radius 3 is 2.85 bits per heavy atom. The number of nitrogens with two attached hydrogens (primary N) is 1. The van der Waals surface area contributed by atoms with Crippen LogP contribution in [0.15, 0.2) is 24.4 Å². The third kappa shape index (κ3) is 4.37. The summed E-state index contributed by atoms with van der Waals surface area (Å²) in [6.45, 7) is 2.06. The SMILES string of the molecule is C[C@H]([NH2+]CC(=O)Nc1ccnn1C1CCCC1)c1cc(F)c(Cl)cc1Cl. The summed E-state index contributed by atoms with van der Waals surface area (Å²) in [7, 11) is 0. The number of halogens is 3. The fraction of sp³-hybridized carbons (Fsp3) is 0.444. The molecule has 3 N–H and O–H groups in total. The molecule has 5 nitrogen and oxygen atoms in total. The molecule has 26 heavy (non-hydrogen) atoms. The van der Waals surface area contributed by atoms with E-state index in [2.05, 4.69) is 10.4 Å². The molecular formula is C18H22Cl2FN4O+. The molecule has 2 aromatic rings. The molecule has 1 atom stereocenters. The first-order valence-electron chi connectivity index (χ1n) is 8.77. The summed E-state index contributed by atoms with van der Waals surface area (Å²) in [6.07, 6.45) is 6.28. The predicted octanol–water partition coefficient (Wildman–Crippen LogP) is 3.71. The molecule has 0 saturated heterocycles. The molecule has 3 rings (SSSR count). The lowest BCUT2D eigenvalue weighted by molar-refractivity contribution is -0.682. The molecule has 1 fully saturated rings. The van der Waals surface area contributed by atoms with Gasteiger partial charge in [0, 0.05) is 11.6 Å². The van der Waals surface area contributed by atoms with Crippen LogP contribution in [0.25, 0.3) is 0 Å². The number of amides is 1. The summed E-state index contributed by atoms with van der Waals surface area (Å²) >= 11 is 11.9. The molecule has 1 aromatic carbocycles. The monoisotopic (exact) mass is 399 g/mol. The van der Waals surface area contributed by atoms with Crippen molar-refractivity contribution in [2.75, 3.05) is 11.9 Å². The highest BCUT2D eigenvalue weighted by molar-refractivity contribution is 6.35. The van der Waals surface area contributed by atoms with Crippen LogP contribution >= 0.6 is 23.2 Å². The maximum Gasteiger partial charge on any atom is 0.280 e. The number of benzene rings is 1. The van der Waals surface area contributed by atoms with E-state index in [0.717, 1.165) is 18.7 Å². The Bertz CT molecular complexity index is 789. The van der Waals surface area contributed by atoms with Gasteiger partial charge in [0.15, 0.2) is 6.54 Å². The molecule has 1 aliphatic rings. The molecule has 8 heteroatoms. The van der Waals surface area contributed by atoms with Crippen LogP contribution in [0.4, 0.5) is 10.2 Å². The van der Waals surface area contributed by atoms with Crippen molar-refractivity contribution in [3.05, 3.63) is 45.8 Å². The van der Waals surface area contributed by atoms with Gasteiger partial charge in [0.1, 0.15) is 17.7 Å². The van der Waals surface area contributed by atoms with Crippen molar-refractivity contribution in [2.45, 2.75) is 44.7 Å². The normalized spacial score (nSPS) is 16.0. The van der Waals surface area contributed by atoms with Crippen LogP contribution in [0.3, 0.4) is 0 Å². The standard InChI is InChI=1S/C18H21Cl2FN4O/c1-11(13-8-16(21)15(20)9-14(13)19)22-10-18(26)24-17-6-7-23-25(17)12-4-2-3-5-12/h6-9,11-12,22H,2-5,10H2,1H3,(H,24,26)/p+1/t11-/m0/s1. The number of quaternary nitrogens is 1. The van der Waals surface area contributed by atoms with Gasteiger partial charge >= 0.3 is 0 Å². The summed E-state index contributed by atoms with van der Waals surface area (Å²) in [6, 6.07) is 4.70. The minimum absolute atomic E-state index is 0.0103. The summed E-state index contributed by atoms with van der Waals surface area (Å²) in [5, 5.41) is 9.44. The van der Waals surface area contributed by atoms with Gasteiger partial charge in [-0.25, -0.2) is 9.07 Å². The van der Waals surface area contributed by atoms with Crippen molar-refractivity contribution < 1.29 is 14.5 Å². The van der Waals surface area contributed by atoms with Crippen molar-refractivity contribution in [1.82, 2.24) is 9.78 Å². The van der Waals surface area contributed by atoms with Gasteiger partial charge in [-0.3, -0.25) is 4.79 Å². The third-order valence-corrected chi connectivity index (χ3v) is 5.41. The van der Waals surface area contributed by atoms with E-state index in [1.807, 2.05) is 17.7 Å². The quantitative estimate of drug-likeness (QED) is 0.727. The topological polar surface area (TPSA) is 63.5 Å². The van der Waals surface area contributed by atoms with Crippen LogP contribution in [0, 0.1) is 5.82 Å². The van der Waals surface area contributed by atoms with E-state index in [1.54, 1.807) is 11.5 Å². The molecular weight excluding hydrogens is 378 g/mol. The number of hydrogen-bond donors (Lipinski definition) is 2. The highest BCUT2D eigenvalue weighted by Gasteiger charge is 2.21. The predicted molar refractivity (Wildman–Crippen MR) is 100.0 cm³/mol. The second-order valence-electron chi connectivity index (χ2n) is 6.66. The average molecular weight is 400 g/mol. The molecule has 0 bridgehead atoms. The number of nitrogens with zero attached hydrogens (tertiary/aromatic N) is 2. The van der Waals surface area contributed by atoms with Crippen molar-refractivity contribution in [3.63, 3.8) is 0 Å². The molecule has 1 saturated carbocycles. The average Bonchev–Trinajstić information content (AvgIpc) is 3.27. The van der Waals surface area contributed by atoms with Crippen molar-refractivity contribution in [3.8, 4) is 0 Å². The van der Waals surface area contributed by atoms with E-state index < -0.39 is 5.82 Å². The third-order valence-electron chi connectivity index (χ3n) is 4.80. The zero-order valence-electron chi connectivity index (χ0n) is 14.5. The number of aromatic nitrogens is 2. The van der Waals surface area contributed by atoms with Crippen molar-refractivity contribution >= 4 is 34.9 Å². The van der Waals surface area contributed by atoms with Crippen LogP contribution in [0.1, 0.15) is 50.3 Å². The Labute approximate surface area is 161 Å². The highest BCUT2D eigenvalue weighted by Crippen LogP contribution is 2.31. The smallest absolute Gasteiger partial charge is 0.280 e. The Balaban J connectivity index is 1.58. The van der Waals surface area contributed by atoms with Crippen LogP contribution in [0.2, 0.25) is 10.0 Å². The Morgan fingerprint density at radius 2 is 2.12 bits per heavy atom. The van der Waals surface area contributed by atoms with E-state index in [1.165, 1.54) is 25.0 Å². The van der Waals surface area contributed by atoms with Crippen molar-refractivity contribution in [1.29, 1.82) is 0 Å². The largest absolute Gasteiger partial charge is 0.332 e. The van der Waals surface area contributed by atoms with Gasteiger partial charge in [-0.2, -0.15) is 5.10 Å². The molecule has 1 aromatic heterocycles. The lowest BCUT2D eigenvalue weighted by Crippen LogP contribution is -2.86. The Hall–Kier alpha value is -1.63. The van der Waals surface area contributed by atoms with E-state index >= 15 is 0 Å². The second-order valence-corrected chi connectivity index (χ2v) is 7.48. The molecule has 1 aliphatic carbocycles. The maximum absolute atomic E-state index is 13.7. The van der Waals surface area contributed by atoms with Gasteiger partial charge in [-0.05, 0) is 31.9 Å². The van der Waals surface area contributed by atoms with Crippen LogP contribution in [0.5, 0.6) is 0 Å². The van der Waals surface area contributed by atoms with Gasteiger partial charge in [0.05, 0.1) is 22.3 Å². The molecule has 0 unspecified atom stereocenters. The minimum atomic E-state index is -0.517. The number of nitrogens with one attached hydrogen (secondary N) is 1. The Morgan fingerprint density at radius 1 is 1.38 bits per heavy atom. The number of hydrogen-bond acceptors (Lipinski definition) is 2. The van der Waals surface area contributed by atoms with Gasteiger partial charge in [0.2, 0.25) is 0 Å². The number of carbonyl (C=O) groups is 1. The molecule has 1 heterocycles. The number of anilines is 1. The summed E-state index contributed by atoms with van der Waals surface area (Å²) in [5.74, 6) is 0.0666. The fourth-order valence-electron chi connectivity index (χ4n) is 3.34. The maximum atomic E-state index is 13.7. The molecule has 0 aliphatic heterocycles. The van der Waals surface area contributed by atoms with Gasteiger partial charge in [-0.15, -0.1) is 0 Å². The van der Waals surface area contributed by atoms with Gasteiger partial charge < -0.3 is 10.6 Å². The highest BCUT2D eigenvalue weighted by atomic mass is 35.5. The number of carbonyl (C=O) groups excluding carboxylic acids is 1. The van der Waals surface area contributed by atoms with Crippen molar-refractivity contribution in [2.24, 2.45) is 0 Å². The first-order valence-corrected chi connectivity index (χ1v) is 9.52. The zero-order chi connectivity index (χ0) is 18.7. The minimum Gasteiger partial charge on any atom is -0.332 e. The van der Waals surface area contributed by atoms with E-state index in [0.29, 0.717) is 16.6 Å². The molecule has 0 radical (unpaired) electrons. The second kappa shape index (κ2) is 8.37. The summed E-state index contributed by atoms with van der Waals surface area (Å²) in [5.41, 5.74) is 0.609. The molecule has 140 valence electrons. The van der Waals surface area contributed by atoms with Crippen LogP contribution < -0.4 is 10.6 Å². The first-order chi connectivity index (χ1) is 12.5. The zero-order valence-corrected chi connectivity index (χ0v) is 16.0. The summed E-state index contributed by atoms with van der Waals surface area (Å²) < 4.78 is 15.6. The number of rotatable bonds is 6. The van der Waals surface area contributed by atoms with E-state index in [9.17, 15) is 9.18 Å². The lowest BCUT2D eigenvalue weighted by Gasteiger charge is -2.16. The van der Waals surface area contributed by atoms with E-state index in [-0.39, 0.29) is 23.5 Å². The lowest BCUT2D eigenvalue weighted by atomic mass is 10.1. The fourth-order valence-corrected chi connectivity index (χ4v) is 3.90. The Kier molecular flexibility index (Phi) is 6.16.